The Kier molecular flexibility index (Phi) is 5.76. The molecule has 0 unspecified atom stereocenters. The number of aromatic nitrogens is 4. The third-order valence-corrected chi connectivity index (χ3v) is 4.71. The van der Waals surface area contributed by atoms with Gasteiger partial charge in [-0.2, -0.15) is 5.10 Å². The van der Waals surface area contributed by atoms with E-state index >= 15 is 0 Å². The van der Waals surface area contributed by atoms with Crippen LogP contribution in [-0.4, -0.2) is 26.1 Å². The fourth-order valence-corrected chi connectivity index (χ4v) is 3.11. The van der Waals surface area contributed by atoms with E-state index in [0.29, 0.717) is 35.3 Å². The van der Waals surface area contributed by atoms with Gasteiger partial charge in [0.05, 0.1) is 0 Å². The highest BCUT2D eigenvalue weighted by molar-refractivity contribution is 6.30. The summed E-state index contributed by atoms with van der Waals surface area (Å²) in [6.45, 7) is 2.33. The van der Waals surface area contributed by atoms with Crippen LogP contribution in [0, 0.1) is 0 Å². The fraction of sp³-hybridized carbons (Fsp3) is 0.143. The number of amides is 1. The Labute approximate surface area is 178 Å². The largest absolute Gasteiger partial charge is 0.352 e. The zero-order chi connectivity index (χ0) is 20.9. The minimum Gasteiger partial charge on any atom is -0.352 e. The van der Waals surface area contributed by atoms with Gasteiger partial charge in [0.15, 0.2) is 11.5 Å². The maximum atomic E-state index is 11.4. The minimum atomic E-state index is 0.0277. The summed E-state index contributed by atoms with van der Waals surface area (Å²) in [5.41, 5.74) is 3.29. The van der Waals surface area contributed by atoms with Crippen LogP contribution in [0.25, 0.3) is 11.0 Å². The Morgan fingerprint density at radius 1 is 1.03 bits per heavy atom. The van der Waals surface area contributed by atoms with Crippen LogP contribution < -0.4 is 16.0 Å². The summed E-state index contributed by atoms with van der Waals surface area (Å²) in [6, 6.07) is 15.2. The Hall–Kier alpha value is -3.65. The number of hydrogen-bond donors (Lipinski definition) is 4. The molecule has 0 radical (unpaired) electrons. The SMILES string of the molecule is CCC(=O)NCc1ccc(Nc2n[nH]c3ncnc(Nc4cccc(Cl)c4)c23)cc1. The Morgan fingerprint density at radius 3 is 2.60 bits per heavy atom. The minimum absolute atomic E-state index is 0.0277. The van der Waals surface area contributed by atoms with Crippen molar-refractivity contribution in [1.29, 1.82) is 0 Å². The summed E-state index contributed by atoms with van der Waals surface area (Å²) in [6.07, 6.45) is 1.94. The molecule has 0 aliphatic rings. The Balaban J connectivity index is 1.55. The third kappa shape index (κ3) is 4.49. The second-order valence-electron chi connectivity index (χ2n) is 6.61. The van der Waals surface area contributed by atoms with Crippen molar-refractivity contribution in [2.75, 3.05) is 10.6 Å². The number of hydrogen-bond acceptors (Lipinski definition) is 6. The number of carbonyl (C=O) groups excluding carboxylic acids is 1. The maximum absolute atomic E-state index is 11.4. The molecular weight excluding hydrogens is 402 g/mol. The zero-order valence-corrected chi connectivity index (χ0v) is 17.0. The Bertz CT molecular complexity index is 1170. The van der Waals surface area contributed by atoms with Crippen molar-refractivity contribution in [3.05, 3.63) is 65.4 Å². The molecule has 4 N–H and O–H groups in total. The van der Waals surface area contributed by atoms with Crippen molar-refractivity contribution in [2.45, 2.75) is 19.9 Å². The lowest BCUT2D eigenvalue weighted by Gasteiger charge is -2.09. The second-order valence-corrected chi connectivity index (χ2v) is 7.04. The maximum Gasteiger partial charge on any atom is 0.219 e. The number of H-pyrrole nitrogens is 1. The number of benzene rings is 2. The summed E-state index contributed by atoms with van der Waals surface area (Å²) < 4.78 is 0. The molecule has 0 aliphatic carbocycles. The van der Waals surface area contributed by atoms with E-state index in [2.05, 4.69) is 36.1 Å². The molecule has 1 amide bonds. The predicted molar refractivity (Wildman–Crippen MR) is 118 cm³/mol. The molecule has 0 aliphatic heterocycles. The number of carbonyl (C=O) groups is 1. The van der Waals surface area contributed by atoms with Crippen LogP contribution in [0.4, 0.5) is 23.0 Å². The lowest BCUT2D eigenvalue weighted by molar-refractivity contribution is -0.120. The molecule has 0 saturated heterocycles. The summed E-state index contributed by atoms with van der Waals surface area (Å²) in [5, 5.41) is 18.0. The third-order valence-electron chi connectivity index (χ3n) is 4.47. The molecular formula is C21H20ClN7O. The molecule has 4 rings (SSSR count). The van der Waals surface area contributed by atoms with Gasteiger partial charge < -0.3 is 16.0 Å². The quantitative estimate of drug-likeness (QED) is 0.349. The molecule has 2 aromatic carbocycles. The van der Waals surface area contributed by atoms with Gasteiger partial charge in [-0.1, -0.05) is 36.7 Å². The van der Waals surface area contributed by atoms with Gasteiger partial charge >= 0.3 is 0 Å². The molecule has 0 atom stereocenters. The van der Waals surface area contributed by atoms with Crippen molar-refractivity contribution in [2.24, 2.45) is 0 Å². The van der Waals surface area contributed by atoms with Crippen LogP contribution in [0.2, 0.25) is 5.02 Å². The first-order valence-electron chi connectivity index (χ1n) is 9.46. The van der Waals surface area contributed by atoms with Crippen LogP contribution in [-0.2, 0) is 11.3 Å². The highest BCUT2D eigenvalue weighted by Gasteiger charge is 2.13. The highest BCUT2D eigenvalue weighted by Crippen LogP contribution is 2.30. The van der Waals surface area contributed by atoms with Gasteiger partial charge in [-0.15, -0.1) is 0 Å². The number of anilines is 4. The van der Waals surface area contributed by atoms with E-state index in [1.165, 1.54) is 6.33 Å². The standard InChI is InChI=1S/C21H20ClN7O/c1-2-17(30)23-11-13-6-8-15(9-7-13)26-21-18-19(24-12-25-20(18)28-29-21)27-16-5-3-4-14(22)10-16/h3-10,12H,2,11H2,1H3,(H,23,30)(H3,24,25,26,27,28,29). The van der Waals surface area contributed by atoms with Crippen LogP contribution in [0.3, 0.4) is 0 Å². The predicted octanol–water partition coefficient (Wildman–Crippen LogP) is 4.52. The van der Waals surface area contributed by atoms with E-state index in [-0.39, 0.29) is 5.91 Å². The molecule has 4 aromatic rings. The average molecular weight is 422 g/mol. The van der Waals surface area contributed by atoms with Crippen LogP contribution in [0.15, 0.2) is 54.9 Å². The van der Waals surface area contributed by atoms with Crippen molar-refractivity contribution in [1.82, 2.24) is 25.5 Å². The number of rotatable bonds is 7. The second kappa shape index (κ2) is 8.79. The van der Waals surface area contributed by atoms with E-state index in [1.54, 1.807) is 0 Å². The van der Waals surface area contributed by atoms with Gasteiger partial charge in [-0.3, -0.25) is 9.89 Å². The van der Waals surface area contributed by atoms with Gasteiger partial charge in [0.1, 0.15) is 17.5 Å². The fourth-order valence-electron chi connectivity index (χ4n) is 2.92. The number of nitrogens with one attached hydrogen (secondary N) is 4. The van der Waals surface area contributed by atoms with Gasteiger partial charge in [0.25, 0.3) is 0 Å². The van der Waals surface area contributed by atoms with E-state index < -0.39 is 0 Å². The number of aromatic amines is 1. The smallest absolute Gasteiger partial charge is 0.219 e. The summed E-state index contributed by atoms with van der Waals surface area (Å²) >= 11 is 6.08. The molecule has 0 spiro atoms. The van der Waals surface area contributed by atoms with Gasteiger partial charge in [0.2, 0.25) is 5.91 Å². The molecule has 2 aromatic heterocycles. The van der Waals surface area contributed by atoms with Gasteiger partial charge in [-0.05, 0) is 35.9 Å². The van der Waals surface area contributed by atoms with Crippen LogP contribution >= 0.6 is 11.6 Å². The van der Waals surface area contributed by atoms with Crippen molar-refractivity contribution in [3.8, 4) is 0 Å². The first-order chi connectivity index (χ1) is 14.6. The molecule has 0 saturated carbocycles. The molecule has 0 bridgehead atoms. The van der Waals surface area contributed by atoms with Gasteiger partial charge in [-0.25, -0.2) is 9.97 Å². The average Bonchev–Trinajstić information content (AvgIpc) is 3.17. The van der Waals surface area contributed by atoms with Crippen LogP contribution in [0.1, 0.15) is 18.9 Å². The molecule has 30 heavy (non-hydrogen) atoms. The first-order valence-corrected chi connectivity index (χ1v) is 9.84. The molecule has 0 fully saturated rings. The summed E-state index contributed by atoms with van der Waals surface area (Å²) in [4.78, 5) is 20.0. The lowest BCUT2D eigenvalue weighted by Crippen LogP contribution is -2.21. The number of nitrogens with zero attached hydrogens (tertiary/aromatic N) is 3. The molecule has 8 nitrogen and oxygen atoms in total. The Morgan fingerprint density at radius 2 is 1.83 bits per heavy atom. The highest BCUT2D eigenvalue weighted by atomic mass is 35.5. The lowest BCUT2D eigenvalue weighted by atomic mass is 10.2. The summed E-state index contributed by atoms with van der Waals surface area (Å²) in [7, 11) is 0. The van der Waals surface area contributed by atoms with Crippen LogP contribution in [0.5, 0.6) is 0 Å². The summed E-state index contributed by atoms with van der Waals surface area (Å²) in [5.74, 6) is 1.24. The van der Waals surface area contributed by atoms with Crippen molar-refractivity contribution >= 4 is 51.6 Å². The molecule has 2 heterocycles. The molecule has 9 heteroatoms. The normalized spacial score (nSPS) is 10.7. The topological polar surface area (TPSA) is 108 Å². The van der Waals surface area contributed by atoms with E-state index in [4.69, 9.17) is 11.6 Å². The van der Waals surface area contributed by atoms with Crippen molar-refractivity contribution < 1.29 is 4.79 Å². The van der Waals surface area contributed by atoms with E-state index in [1.807, 2.05) is 55.5 Å². The first kappa shape index (κ1) is 19.7. The zero-order valence-electron chi connectivity index (χ0n) is 16.2. The van der Waals surface area contributed by atoms with Crippen molar-refractivity contribution in [3.63, 3.8) is 0 Å². The van der Waals surface area contributed by atoms with E-state index in [0.717, 1.165) is 22.3 Å². The van der Waals surface area contributed by atoms with Gasteiger partial charge in [0, 0.05) is 29.4 Å². The monoisotopic (exact) mass is 421 g/mol. The number of fused-ring (bicyclic) bond motifs is 1. The molecule has 152 valence electrons. The number of halogens is 1. The van der Waals surface area contributed by atoms with E-state index in [9.17, 15) is 4.79 Å².